The molecule has 2 heteroatoms. The van der Waals surface area contributed by atoms with Crippen molar-refractivity contribution in [2.24, 2.45) is 0 Å². The van der Waals surface area contributed by atoms with Gasteiger partial charge in [0.15, 0.2) is 5.75 Å². The summed E-state index contributed by atoms with van der Waals surface area (Å²) in [6.07, 6.45) is 0. The summed E-state index contributed by atoms with van der Waals surface area (Å²) in [4.78, 5) is 10.8. The molecule has 0 radical (unpaired) electrons. The van der Waals surface area contributed by atoms with Gasteiger partial charge in [-0.05, 0) is 45.2 Å². The van der Waals surface area contributed by atoms with Crippen LogP contribution in [0.5, 0.6) is 5.75 Å². The van der Waals surface area contributed by atoms with Crippen LogP contribution in [0.25, 0.3) is 0 Å². The van der Waals surface area contributed by atoms with Crippen LogP contribution in [0.3, 0.4) is 0 Å². The first-order valence-electron chi connectivity index (χ1n) is 5.76. The number of hydrogen-bond donors (Lipinski definition) is 0. The molecule has 1 rings (SSSR count). The molecule has 0 amide bonds. The lowest BCUT2D eigenvalue weighted by Crippen LogP contribution is -2.21. The predicted molar refractivity (Wildman–Crippen MR) is 66.7 cm³/mol. The van der Waals surface area contributed by atoms with Gasteiger partial charge in [-0.25, -0.2) is 0 Å². The van der Waals surface area contributed by atoms with Crippen molar-refractivity contribution in [1.82, 2.24) is 0 Å². The molecule has 0 aliphatic heterocycles. The third-order valence-electron chi connectivity index (χ3n) is 2.17. The molecule has 16 heavy (non-hydrogen) atoms. The number of hydrogen-bond acceptors (Lipinski definition) is 2. The fourth-order valence-electron chi connectivity index (χ4n) is 1.36. The van der Waals surface area contributed by atoms with Crippen LogP contribution >= 0.6 is 0 Å². The largest absolute Gasteiger partial charge is 0.337 e. The van der Waals surface area contributed by atoms with Gasteiger partial charge in [0.05, 0.1) is 0 Å². The maximum Gasteiger partial charge on any atom is 0.169 e. The van der Waals surface area contributed by atoms with Gasteiger partial charge in [-0.2, -0.15) is 4.89 Å². The minimum atomic E-state index is -0.294. The zero-order valence-corrected chi connectivity index (χ0v) is 11.1. The second-order valence-corrected chi connectivity index (χ2v) is 5.48. The van der Waals surface area contributed by atoms with Gasteiger partial charge in [0, 0.05) is 5.56 Å². The van der Waals surface area contributed by atoms with Gasteiger partial charge in [-0.3, -0.25) is 0 Å². The summed E-state index contributed by atoms with van der Waals surface area (Å²) in [6.45, 7) is 12.3. The summed E-state index contributed by atoms with van der Waals surface area (Å²) in [5.74, 6) is 1.25. The smallest absolute Gasteiger partial charge is 0.169 e. The maximum absolute atomic E-state index is 5.44. The lowest BCUT2D eigenvalue weighted by atomic mass is 10.0. The first kappa shape index (κ1) is 13.0. The highest BCUT2D eigenvalue weighted by atomic mass is 17.2. The van der Waals surface area contributed by atoms with Crippen LogP contribution in [0.4, 0.5) is 0 Å². The standard InChI is InChI=1S/C14H22O2/c1-10(2)12-8-7-11(3)9-13(12)15-16-14(4,5)6/h7-10H,1-6H3. The molecule has 0 atom stereocenters. The summed E-state index contributed by atoms with van der Waals surface area (Å²) >= 11 is 0. The normalized spacial score (nSPS) is 11.9. The molecule has 1 aromatic rings. The summed E-state index contributed by atoms with van der Waals surface area (Å²) in [6, 6.07) is 6.21. The Morgan fingerprint density at radius 2 is 1.75 bits per heavy atom. The third-order valence-corrected chi connectivity index (χ3v) is 2.17. The average Bonchev–Trinajstić information content (AvgIpc) is 2.13. The van der Waals surface area contributed by atoms with Crippen molar-refractivity contribution < 1.29 is 9.78 Å². The molecule has 0 bridgehead atoms. The van der Waals surface area contributed by atoms with Gasteiger partial charge in [-0.15, -0.1) is 0 Å². The van der Waals surface area contributed by atoms with E-state index in [2.05, 4.69) is 26.0 Å². The number of aryl methyl sites for hydroxylation is 1. The Labute approximate surface area is 98.5 Å². The average molecular weight is 222 g/mol. The first-order chi connectivity index (χ1) is 7.29. The molecule has 90 valence electrons. The minimum Gasteiger partial charge on any atom is -0.337 e. The van der Waals surface area contributed by atoms with Crippen LogP contribution in [-0.2, 0) is 4.89 Å². The minimum absolute atomic E-state index is 0.294. The van der Waals surface area contributed by atoms with Gasteiger partial charge < -0.3 is 4.89 Å². The second-order valence-electron chi connectivity index (χ2n) is 5.48. The van der Waals surface area contributed by atoms with E-state index >= 15 is 0 Å². The zero-order chi connectivity index (χ0) is 12.3. The van der Waals surface area contributed by atoms with Crippen molar-refractivity contribution in [1.29, 1.82) is 0 Å². The highest BCUT2D eigenvalue weighted by molar-refractivity contribution is 5.38. The van der Waals surface area contributed by atoms with Crippen molar-refractivity contribution in [3.63, 3.8) is 0 Å². The quantitative estimate of drug-likeness (QED) is 0.563. The van der Waals surface area contributed by atoms with E-state index in [9.17, 15) is 0 Å². The van der Waals surface area contributed by atoms with Gasteiger partial charge in [0.1, 0.15) is 5.60 Å². The monoisotopic (exact) mass is 222 g/mol. The fraction of sp³-hybridized carbons (Fsp3) is 0.571. The lowest BCUT2D eigenvalue weighted by molar-refractivity contribution is -0.275. The van der Waals surface area contributed by atoms with E-state index < -0.39 is 0 Å². The van der Waals surface area contributed by atoms with E-state index in [0.29, 0.717) is 5.92 Å². The molecule has 0 heterocycles. The zero-order valence-electron chi connectivity index (χ0n) is 11.1. The molecule has 0 spiro atoms. The Hall–Kier alpha value is -1.02. The Morgan fingerprint density at radius 1 is 1.12 bits per heavy atom. The Bertz CT molecular complexity index is 348. The fourth-order valence-corrected chi connectivity index (χ4v) is 1.36. The molecule has 0 saturated carbocycles. The van der Waals surface area contributed by atoms with Crippen LogP contribution in [0.1, 0.15) is 51.7 Å². The van der Waals surface area contributed by atoms with Crippen LogP contribution in [-0.4, -0.2) is 5.60 Å². The van der Waals surface area contributed by atoms with E-state index in [1.54, 1.807) is 0 Å². The van der Waals surface area contributed by atoms with E-state index in [0.717, 1.165) is 5.75 Å². The topological polar surface area (TPSA) is 18.5 Å². The Kier molecular flexibility index (Phi) is 3.98. The van der Waals surface area contributed by atoms with Crippen molar-refractivity contribution in [3.05, 3.63) is 29.3 Å². The van der Waals surface area contributed by atoms with Gasteiger partial charge in [-0.1, -0.05) is 26.0 Å². The van der Waals surface area contributed by atoms with Crippen molar-refractivity contribution >= 4 is 0 Å². The lowest BCUT2D eigenvalue weighted by Gasteiger charge is -2.20. The molecular formula is C14H22O2. The number of rotatable bonds is 3. The highest BCUT2D eigenvalue weighted by Gasteiger charge is 2.15. The van der Waals surface area contributed by atoms with Crippen LogP contribution in [0, 0.1) is 6.92 Å². The van der Waals surface area contributed by atoms with Crippen LogP contribution < -0.4 is 4.89 Å². The van der Waals surface area contributed by atoms with E-state index in [1.165, 1.54) is 11.1 Å². The van der Waals surface area contributed by atoms with E-state index in [-0.39, 0.29) is 5.60 Å². The van der Waals surface area contributed by atoms with Crippen molar-refractivity contribution in [2.45, 2.75) is 53.1 Å². The molecule has 2 nitrogen and oxygen atoms in total. The molecule has 0 saturated heterocycles. The summed E-state index contributed by atoms with van der Waals surface area (Å²) < 4.78 is 0. The summed E-state index contributed by atoms with van der Waals surface area (Å²) in [7, 11) is 0. The van der Waals surface area contributed by atoms with Crippen molar-refractivity contribution in [3.8, 4) is 5.75 Å². The number of benzene rings is 1. The Balaban J connectivity index is 2.88. The van der Waals surface area contributed by atoms with Gasteiger partial charge >= 0.3 is 0 Å². The van der Waals surface area contributed by atoms with E-state index in [1.807, 2.05) is 33.8 Å². The first-order valence-corrected chi connectivity index (χ1v) is 5.76. The molecule has 0 aromatic heterocycles. The van der Waals surface area contributed by atoms with Gasteiger partial charge in [0.2, 0.25) is 0 Å². The molecule has 0 N–H and O–H groups in total. The molecule has 0 aliphatic rings. The van der Waals surface area contributed by atoms with Crippen LogP contribution in [0.2, 0.25) is 0 Å². The maximum atomic E-state index is 5.44. The van der Waals surface area contributed by atoms with E-state index in [4.69, 9.17) is 9.78 Å². The highest BCUT2D eigenvalue weighted by Crippen LogP contribution is 2.28. The van der Waals surface area contributed by atoms with Crippen LogP contribution in [0.15, 0.2) is 18.2 Å². The van der Waals surface area contributed by atoms with Gasteiger partial charge in [0.25, 0.3) is 0 Å². The SMILES string of the molecule is Cc1ccc(C(C)C)c(OOC(C)(C)C)c1. The Morgan fingerprint density at radius 3 is 2.25 bits per heavy atom. The van der Waals surface area contributed by atoms with Crippen molar-refractivity contribution in [2.75, 3.05) is 0 Å². The molecule has 1 aromatic carbocycles. The molecule has 0 fully saturated rings. The molecular weight excluding hydrogens is 200 g/mol. The molecule has 0 aliphatic carbocycles. The summed E-state index contributed by atoms with van der Waals surface area (Å²) in [5, 5.41) is 0. The molecule has 0 unspecified atom stereocenters. The predicted octanol–water partition coefficient (Wildman–Crippen LogP) is 4.23. The second kappa shape index (κ2) is 4.88. The third kappa shape index (κ3) is 3.86. The summed E-state index contributed by atoms with van der Waals surface area (Å²) in [5.41, 5.74) is 2.06.